The third-order valence-corrected chi connectivity index (χ3v) is 5.34. The van der Waals surface area contributed by atoms with Gasteiger partial charge in [-0.15, -0.1) is 0 Å². The number of hydrogen-bond acceptors (Lipinski definition) is 4. The smallest absolute Gasteiger partial charge is 0.323 e. The zero-order chi connectivity index (χ0) is 22.1. The van der Waals surface area contributed by atoms with E-state index in [0.29, 0.717) is 16.5 Å². The average molecular weight is 425 g/mol. The van der Waals surface area contributed by atoms with Crippen molar-refractivity contribution >= 4 is 35.1 Å². The molecule has 0 aliphatic carbocycles. The van der Waals surface area contributed by atoms with Gasteiger partial charge in [0.15, 0.2) is 0 Å². The lowest BCUT2D eigenvalue weighted by Crippen LogP contribution is -2.42. The van der Waals surface area contributed by atoms with Crippen LogP contribution in [0.5, 0.6) is 0 Å². The summed E-state index contributed by atoms with van der Waals surface area (Å²) in [6, 6.07) is 13.2. The van der Waals surface area contributed by atoms with E-state index in [0.717, 1.165) is 10.5 Å². The lowest BCUT2D eigenvalue weighted by molar-refractivity contribution is -0.133. The molecule has 30 heavy (non-hydrogen) atoms. The second-order valence-corrected chi connectivity index (χ2v) is 8.01. The molecule has 1 aliphatic rings. The minimum atomic E-state index is -1.26. The van der Waals surface area contributed by atoms with Gasteiger partial charge >= 0.3 is 6.03 Å². The number of hydrogen-bond donors (Lipinski definition) is 2. The van der Waals surface area contributed by atoms with Gasteiger partial charge in [-0.1, -0.05) is 49.7 Å². The molecule has 3 rings (SSSR count). The van der Waals surface area contributed by atoms with Crippen LogP contribution < -0.4 is 10.6 Å². The summed E-state index contributed by atoms with van der Waals surface area (Å²) >= 11 is 5.92. The summed E-state index contributed by atoms with van der Waals surface area (Å²) in [4.78, 5) is 38.8. The average Bonchev–Trinajstić information content (AvgIpc) is 2.92. The maximum Gasteiger partial charge on any atom is 0.325 e. The Morgan fingerprint density at radius 3 is 2.50 bits per heavy atom. The predicted molar refractivity (Wildman–Crippen MR) is 113 cm³/mol. The Morgan fingerprint density at radius 2 is 1.90 bits per heavy atom. The van der Waals surface area contributed by atoms with Crippen LogP contribution in [-0.4, -0.2) is 29.3 Å². The first-order valence-corrected chi connectivity index (χ1v) is 9.77. The van der Waals surface area contributed by atoms with Gasteiger partial charge in [-0.05, 0) is 42.2 Å². The monoisotopic (exact) mass is 424 g/mol. The standard InChI is InChI=1S/C22H21ClN4O3/c1-13(2)14-4-7-16(8-5-14)22(3)20(29)27(21(30)26-22)12-19(28)25-18-10-17(23)9-6-15(18)11-24/h4-10,13H,12H2,1-3H3,(H,25,28)(H,26,30). The minimum Gasteiger partial charge on any atom is -0.323 e. The molecule has 1 atom stereocenters. The van der Waals surface area contributed by atoms with Gasteiger partial charge < -0.3 is 10.6 Å². The summed E-state index contributed by atoms with van der Waals surface area (Å²) in [7, 11) is 0. The topological polar surface area (TPSA) is 102 Å². The summed E-state index contributed by atoms with van der Waals surface area (Å²) in [5.41, 5.74) is 0.926. The molecule has 0 saturated carbocycles. The molecule has 1 aliphatic heterocycles. The van der Waals surface area contributed by atoms with E-state index in [4.69, 9.17) is 16.9 Å². The number of nitrogens with one attached hydrogen (secondary N) is 2. The van der Waals surface area contributed by atoms with Gasteiger partial charge in [0, 0.05) is 5.02 Å². The van der Waals surface area contributed by atoms with E-state index in [9.17, 15) is 14.4 Å². The van der Waals surface area contributed by atoms with E-state index in [1.807, 2.05) is 30.3 Å². The molecule has 0 spiro atoms. The SMILES string of the molecule is CC(C)c1ccc(C2(C)NC(=O)N(CC(=O)Nc3cc(Cl)ccc3C#N)C2=O)cc1. The summed E-state index contributed by atoms with van der Waals surface area (Å²) in [6.45, 7) is 5.26. The third kappa shape index (κ3) is 4.00. The molecule has 8 heteroatoms. The fraction of sp³-hybridized carbons (Fsp3) is 0.273. The molecular weight excluding hydrogens is 404 g/mol. The normalized spacial score (nSPS) is 18.3. The number of benzene rings is 2. The van der Waals surface area contributed by atoms with E-state index in [-0.39, 0.29) is 11.3 Å². The third-order valence-electron chi connectivity index (χ3n) is 5.11. The molecule has 4 amide bonds. The molecule has 0 aromatic heterocycles. The van der Waals surface area contributed by atoms with Crippen molar-refractivity contribution in [2.24, 2.45) is 0 Å². The molecule has 2 aromatic carbocycles. The van der Waals surface area contributed by atoms with E-state index in [1.54, 1.807) is 6.92 Å². The molecule has 1 saturated heterocycles. The van der Waals surface area contributed by atoms with E-state index in [2.05, 4.69) is 24.5 Å². The first kappa shape index (κ1) is 21.3. The van der Waals surface area contributed by atoms with Crippen LogP contribution >= 0.6 is 11.6 Å². The Labute approximate surface area is 179 Å². The quantitative estimate of drug-likeness (QED) is 0.713. The first-order valence-electron chi connectivity index (χ1n) is 9.39. The van der Waals surface area contributed by atoms with E-state index >= 15 is 0 Å². The maximum absolute atomic E-state index is 13.0. The Kier molecular flexibility index (Phi) is 5.81. The second kappa shape index (κ2) is 8.17. The van der Waals surface area contributed by atoms with Gasteiger partial charge in [-0.2, -0.15) is 5.26 Å². The number of halogens is 1. The zero-order valence-corrected chi connectivity index (χ0v) is 17.6. The highest BCUT2D eigenvalue weighted by atomic mass is 35.5. The Morgan fingerprint density at radius 1 is 1.23 bits per heavy atom. The van der Waals surface area contributed by atoms with Gasteiger partial charge in [0.05, 0.1) is 11.3 Å². The van der Waals surface area contributed by atoms with Gasteiger partial charge in [-0.3, -0.25) is 14.5 Å². The van der Waals surface area contributed by atoms with Gasteiger partial charge in [0.1, 0.15) is 18.2 Å². The van der Waals surface area contributed by atoms with Gasteiger partial charge in [-0.25, -0.2) is 4.79 Å². The number of nitrogens with zero attached hydrogens (tertiary/aromatic N) is 2. The number of imide groups is 1. The van der Waals surface area contributed by atoms with Crippen molar-refractivity contribution in [1.82, 2.24) is 10.2 Å². The van der Waals surface area contributed by atoms with Crippen molar-refractivity contribution in [2.45, 2.75) is 32.2 Å². The number of anilines is 1. The second-order valence-electron chi connectivity index (χ2n) is 7.57. The van der Waals surface area contributed by atoms with Crippen LogP contribution in [-0.2, 0) is 15.1 Å². The highest BCUT2D eigenvalue weighted by Crippen LogP contribution is 2.30. The molecule has 1 fully saturated rings. The number of nitriles is 1. The number of carbonyl (C=O) groups excluding carboxylic acids is 3. The van der Waals surface area contributed by atoms with Crippen LogP contribution in [0.4, 0.5) is 10.5 Å². The van der Waals surface area contributed by atoms with Crippen LogP contribution in [0.1, 0.15) is 43.4 Å². The van der Waals surface area contributed by atoms with Crippen molar-refractivity contribution < 1.29 is 14.4 Å². The molecule has 7 nitrogen and oxygen atoms in total. The van der Waals surface area contributed by atoms with Crippen molar-refractivity contribution in [3.63, 3.8) is 0 Å². The van der Waals surface area contributed by atoms with Crippen LogP contribution in [0, 0.1) is 11.3 Å². The largest absolute Gasteiger partial charge is 0.325 e. The Balaban J connectivity index is 1.77. The lowest BCUT2D eigenvalue weighted by Gasteiger charge is -2.22. The van der Waals surface area contributed by atoms with Crippen molar-refractivity contribution in [1.29, 1.82) is 5.26 Å². The molecule has 2 N–H and O–H groups in total. The Bertz CT molecular complexity index is 1060. The minimum absolute atomic E-state index is 0.217. The summed E-state index contributed by atoms with van der Waals surface area (Å²) in [5, 5.41) is 14.7. The van der Waals surface area contributed by atoms with Crippen LogP contribution in [0.15, 0.2) is 42.5 Å². The number of urea groups is 1. The highest BCUT2D eigenvalue weighted by Gasteiger charge is 2.49. The van der Waals surface area contributed by atoms with Crippen molar-refractivity contribution in [2.75, 3.05) is 11.9 Å². The predicted octanol–water partition coefficient (Wildman–Crippen LogP) is 3.74. The van der Waals surface area contributed by atoms with Crippen LogP contribution in [0.2, 0.25) is 5.02 Å². The number of carbonyl (C=O) groups is 3. The zero-order valence-electron chi connectivity index (χ0n) is 16.8. The molecular formula is C22H21ClN4O3. The summed E-state index contributed by atoms with van der Waals surface area (Å²) in [6.07, 6.45) is 0. The lowest BCUT2D eigenvalue weighted by atomic mass is 9.90. The molecule has 2 aromatic rings. The molecule has 0 bridgehead atoms. The van der Waals surface area contributed by atoms with E-state index < -0.39 is 29.9 Å². The van der Waals surface area contributed by atoms with Crippen molar-refractivity contribution in [3.05, 3.63) is 64.2 Å². The van der Waals surface area contributed by atoms with Crippen LogP contribution in [0.3, 0.4) is 0 Å². The maximum atomic E-state index is 13.0. The molecule has 0 radical (unpaired) electrons. The highest BCUT2D eigenvalue weighted by molar-refractivity contribution is 6.31. The summed E-state index contributed by atoms with van der Waals surface area (Å²) in [5.74, 6) is -0.797. The fourth-order valence-corrected chi connectivity index (χ4v) is 3.46. The van der Waals surface area contributed by atoms with Crippen LogP contribution in [0.25, 0.3) is 0 Å². The van der Waals surface area contributed by atoms with Gasteiger partial charge in [0.2, 0.25) is 5.91 Å². The van der Waals surface area contributed by atoms with Crippen molar-refractivity contribution in [3.8, 4) is 6.07 Å². The number of rotatable bonds is 5. The molecule has 1 unspecified atom stereocenters. The summed E-state index contributed by atoms with van der Waals surface area (Å²) < 4.78 is 0. The van der Waals surface area contributed by atoms with E-state index in [1.165, 1.54) is 18.2 Å². The number of amides is 4. The Hall–Kier alpha value is -3.37. The molecule has 1 heterocycles. The fourth-order valence-electron chi connectivity index (χ4n) is 3.29. The van der Waals surface area contributed by atoms with Gasteiger partial charge in [0.25, 0.3) is 5.91 Å². The molecule has 154 valence electrons. The first-order chi connectivity index (χ1) is 14.2.